The summed E-state index contributed by atoms with van der Waals surface area (Å²) in [7, 11) is 0. The van der Waals surface area contributed by atoms with Gasteiger partial charge >= 0.3 is 5.97 Å². The molecule has 0 radical (unpaired) electrons. The zero-order chi connectivity index (χ0) is 38.6. The molecule has 1 aliphatic heterocycles. The third-order valence-electron chi connectivity index (χ3n) is 8.17. The first kappa shape index (κ1) is 40.0. The normalized spacial score (nSPS) is 18.7. The summed E-state index contributed by atoms with van der Waals surface area (Å²) in [5.74, 6) is -2.33. The van der Waals surface area contributed by atoms with Crippen molar-refractivity contribution in [3.8, 4) is 0 Å². The Labute approximate surface area is 303 Å². The number of amides is 2. The number of carbonyl (C=O) groups is 3. The molecule has 0 fully saturated rings. The molecule has 21 heteroatoms. The topological polar surface area (TPSA) is 294 Å². The molecule has 10 N–H and O–H groups in total. The first-order valence-electron chi connectivity index (χ1n) is 16.6. The van der Waals surface area contributed by atoms with Gasteiger partial charge in [0, 0.05) is 37.2 Å². The number of carboxylic acids is 1. The van der Waals surface area contributed by atoms with E-state index in [0.717, 1.165) is 0 Å². The van der Waals surface area contributed by atoms with Crippen molar-refractivity contribution in [2.45, 2.75) is 77.5 Å². The van der Waals surface area contributed by atoms with Crippen LogP contribution in [0.25, 0.3) is 11.2 Å². The highest BCUT2D eigenvalue weighted by Crippen LogP contribution is 2.14. The Morgan fingerprint density at radius 2 is 1.79 bits per heavy atom. The number of H-pyrrole nitrogens is 1. The van der Waals surface area contributed by atoms with Crippen LogP contribution in [0.15, 0.2) is 45.6 Å². The highest BCUT2D eigenvalue weighted by Gasteiger charge is 2.28. The zero-order valence-corrected chi connectivity index (χ0v) is 30.0. The van der Waals surface area contributed by atoms with Crippen LogP contribution in [-0.2, 0) is 30.8 Å². The minimum absolute atomic E-state index is 0.0496. The standard InChI is InChI=1S/C32H45N13O8/c1-18-31(2,3)44-51-15-14-37-32(4,5)23(43-53-45-52-42-18)12-13-34-28(49)22(10-11-24(46)47)39-27(48)19-6-8-20(9-7-19)35-16-21-17-36-26-25(38-21)29(50)41-30(33)40-26/h6-9,17,22,35,37,44-45H,10-16H2,1-5H3,(H,34,49)(H,39,48)(H,46,47)(H3,33,36,40,41,50)/b42-18+,43-23+. The lowest BCUT2D eigenvalue weighted by Crippen LogP contribution is -2.51. The molecule has 3 heterocycles. The van der Waals surface area contributed by atoms with E-state index < -0.39 is 40.5 Å². The van der Waals surface area contributed by atoms with Gasteiger partial charge in [0.15, 0.2) is 11.2 Å². The molecule has 4 rings (SSSR count). The summed E-state index contributed by atoms with van der Waals surface area (Å²) >= 11 is 0. The predicted molar refractivity (Wildman–Crippen MR) is 193 cm³/mol. The van der Waals surface area contributed by atoms with Crippen LogP contribution < -0.4 is 43.7 Å². The van der Waals surface area contributed by atoms with E-state index in [1.807, 2.05) is 27.7 Å². The highest BCUT2D eigenvalue weighted by atomic mass is 17.0. The van der Waals surface area contributed by atoms with Gasteiger partial charge in [-0.25, -0.2) is 9.97 Å². The van der Waals surface area contributed by atoms with Crippen LogP contribution in [0.2, 0.25) is 0 Å². The third-order valence-corrected chi connectivity index (χ3v) is 8.17. The molecule has 1 unspecified atom stereocenters. The maximum absolute atomic E-state index is 13.3. The van der Waals surface area contributed by atoms with Gasteiger partial charge in [-0.15, -0.1) is 0 Å². The summed E-state index contributed by atoms with van der Waals surface area (Å²) in [6, 6.07) is 5.23. The number of nitrogen functional groups attached to an aromatic ring is 1. The van der Waals surface area contributed by atoms with E-state index in [1.54, 1.807) is 31.2 Å². The maximum Gasteiger partial charge on any atom is 0.303 e. The number of benzene rings is 1. The fraction of sp³-hybridized carbons (Fsp3) is 0.469. The number of hydrogen-bond acceptors (Lipinski definition) is 17. The lowest BCUT2D eigenvalue weighted by molar-refractivity contribution is -0.171. The number of carbonyl (C=O) groups excluding carboxylic acids is 2. The number of rotatable bonds is 12. The van der Waals surface area contributed by atoms with Gasteiger partial charge in [0.05, 0.1) is 53.2 Å². The number of carboxylic acid groups (broad SMARTS) is 1. The Bertz CT molecular complexity index is 1880. The second-order valence-corrected chi connectivity index (χ2v) is 13.0. The van der Waals surface area contributed by atoms with Gasteiger partial charge in [-0.3, -0.25) is 38.9 Å². The van der Waals surface area contributed by atoms with Crippen molar-refractivity contribution in [2.75, 3.05) is 30.7 Å². The molecule has 1 aromatic carbocycles. The lowest BCUT2D eigenvalue weighted by Gasteiger charge is -2.29. The summed E-state index contributed by atoms with van der Waals surface area (Å²) < 4.78 is 0. The average molecular weight is 740 g/mol. The predicted octanol–water partition coefficient (Wildman–Crippen LogP) is 0.243. The Kier molecular flexibility index (Phi) is 13.7. The molecule has 0 spiro atoms. The molecule has 21 nitrogen and oxygen atoms in total. The van der Waals surface area contributed by atoms with Crippen LogP contribution in [0.4, 0.5) is 11.6 Å². The molecular formula is C32H45N13O8. The van der Waals surface area contributed by atoms with E-state index in [9.17, 15) is 24.3 Å². The van der Waals surface area contributed by atoms with Gasteiger partial charge in [-0.1, -0.05) is 10.3 Å². The minimum atomic E-state index is -1.14. The number of aliphatic carboxylic acids is 1. The van der Waals surface area contributed by atoms with Crippen LogP contribution in [0.1, 0.15) is 69.9 Å². The van der Waals surface area contributed by atoms with Gasteiger partial charge < -0.3 is 32.1 Å². The minimum Gasteiger partial charge on any atom is -0.481 e. The average Bonchev–Trinajstić information content (AvgIpc) is 3.10. The molecule has 0 saturated heterocycles. The van der Waals surface area contributed by atoms with Gasteiger partial charge in [0.25, 0.3) is 11.5 Å². The Morgan fingerprint density at radius 3 is 2.53 bits per heavy atom. The molecule has 286 valence electrons. The fourth-order valence-electron chi connectivity index (χ4n) is 4.78. The van der Waals surface area contributed by atoms with Crippen LogP contribution >= 0.6 is 0 Å². The van der Waals surface area contributed by atoms with Crippen molar-refractivity contribution in [2.24, 2.45) is 10.3 Å². The van der Waals surface area contributed by atoms with Crippen LogP contribution in [-0.4, -0.2) is 91.1 Å². The first-order chi connectivity index (χ1) is 25.1. The van der Waals surface area contributed by atoms with Crippen molar-refractivity contribution in [1.29, 1.82) is 0 Å². The van der Waals surface area contributed by atoms with Crippen molar-refractivity contribution in [3.05, 3.63) is 52.1 Å². The van der Waals surface area contributed by atoms with Crippen molar-refractivity contribution < 1.29 is 34.2 Å². The van der Waals surface area contributed by atoms with Gasteiger partial charge in [0.1, 0.15) is 6.04 Å². The number of fused-ring (bicyclic) bond motifs is 1. The van der Waals surface area contributed by atoms with E-state index in [2.05, 4.69) is 62.6 Å². The van der Waals surface area contributed by atoms with E-state index in [0.29, 0.717) is 36.0 Å². The van der Waals surface area contributed by atoms with E-state index in [4.69, 9.17) is 20.4 Å². The molecule has 3 aromatic rings. The smallest absolute Gasteiger partial charge is 0.303 e. The Morgan fingerprint density at radius 1 is 1.06 bits per heavy atom. The number of hydrogen-bond donors (Lipinski definition) is 9. The second-order valence-electron chi connectivity index (χ2n) is 13.0. The Hall–Kier alpha value is -5.77. The number of hydroxylamine groups is 1. The molecule has 0 aliphatic carbocycles. The molecule has 2 amide bonds. The number of oxime groups is 2. The number of aromatic nitrogens is 4. The molecule has 2 aromatic heterocycles. The van der Waals surface area contributed by atoms with Crippen molar-refractivity contribution in [3.63, 3.8) is 0 Å². The third kappa shape index (κ3) is 11.9. The monoisotopic (exact) mass is 739 g/mol. The fourth-order valence-corrected chi connectivity index (χ4v) is 4.78. The summed E-state index contributed by atoms with van der Waals surface area (Å²) in [5.41, 5.74) is 11.4. The number of nitrogens with two attached hydrogens (primary N) is 1. The maximum atomic E-state index is 13.3. The summed E-state index contributed by atoms with van der Waals surface area (Å²) in [6.45, 7) is 10.3. The zero-order valence-electron chi connectivity index (χ0n) is 30.0. The van der Waals surface area contributed by atoms with Crippen LogP contribution in [0.5, 0.6) is 0 Å². The second kappa shape index (κ2) is 18.1. The van der Waals surface area contributed by atoms with Crippen molar-refractivity contribution in [1.82, 2.24) is 47.0 Å². The summed E-state index contributed by atoms with van der Waals surface area (Å²) in [4.78, 5) is 80.4. The molecule has 0 bridgehead atoms. The van der Waals surface area contributed by atoms with Crippen molar-refractivity contribution >= 4 is 52.0 Å². The number of nitrogens with zero attached hydrogens (tertiary/aromatic N) is 5. The molecule has 1 atom stereocenters. The molecule has 0 saturated carbocycles. The molecular weight excluding hydrogens is 694 g/mol. The van der Waals surface area contributed by atoms with Gasteiger partial charge in [-0.2, -0.15) is 10.5 Å². The van der Waals surface area contributed by atoms with Crippen LogP contribution in [0.3, 0.4) is 0 Å². The van der Waals surface area contributed by atoms with Crippen LogP contribution in [0, 0.1) is 0 Å². The number of aromatic amines is 1. The largest absolute Gasteiger partial charge is 0.481 e. The summed E-state index contributed by atoms with van der Waals surface area (Å²) in [5, 5.41) is 29.2. The summed E-state index contributed by atoms with van der Waals surface area (Å²) in [6.07, 6.45) is 1.18. The van der Waals surface area contributed by atoms with Gasteiger partial charge in [-0.05, 0) is 65.3 Å². The Balaban J connectivity index is 1.34. The number of nitrogens with one attached hydrogen (secondary N) is 7. The van der Waals surface area contributed by atoms with E-state index >= 15 is 0 Å². The highest BCUT2D eigenvalue weighted by molar-refractivity contribution is 5.98. The van der Waals surface area contributed by atoms with Gasteiger partial charge in [0.2, 0.25) is 11.9 Å². The SMILES string of the molecule is C/C1=N\ONO/N=C(\CCNC(=O)C(CCC(=O)O)NC(=O)c2ccc(NCc3cnc4nc(N)[nH]c(=O)c4n3)cc2)C(C)(C)NCCONC1(C)C. The number of anilines is 2. The lowest BCUT2D eigenvalue weighted by atomic mass is 9.95. The van der Waals surface area contributed by atoms with E-state index in [1.165, 1.54) is 6.20 Å². The molecule has 53 heavy (non-hydrogen) atoms. The first-order valence-corrected chi connectivity index (χ1v) is 16.6. The van der Waals surface area contributed by atoms with E-state index in [-0.39, 0.29) is 55.0 Å². The quantitative estimate of drug-likeness (QED) is 0.120. The molecule has 1 aliphatic rings.